The summed E-state index contributed by atoms with van der Waals surface area (Å²) in [7, 11) is -3.90. The lowest BCUT2D eigenvalue weighted by Crippen LogP contribution is -2.49. The van der Waals surface area contributed by atoms with Gasteiger partial charge in [0.1, 0.15) is 5.75 Å². The van der Waals surface area contributed by atoms with E-state index in [-0.39, 0.29) is 47.4 Å². The molecule has 0 unspecified atom stereocenters. The van der Waals surface area contributed by atoms with E-state index in [2.05, 4.69) is 15.4 Å². The number of hydrogen-bond donors (Lipinski definition) is 2. The van der Waals surface area contributed by atoms with Crippen molar-refractivity contribution in [2.24, 2.45) is 0 Å². The van der Waals surface area contributed by atoms with Gasteiger partial charge in [0.2, 0.25) is 15.9 Å². The molecule has 2 N–H and O–H groups in total. The van der Waals surface area contributed by atoms with Gasteiger partial charge in [-0.3, -0.25) is 9.59 Å². The number of carbonyl (C=O) groups excluding carboxylic acids is 2. The van der Waals surface area contributed by atoms with E-state index in [1.54, 1.807) is 0 Å². The van der Waals surface area contributed by atoms with E-state index < -0.39 is 22.5 Å². The van der Waals surface area contributed by atoms with Crippen molar-refractivity contribution >= 4 is 27.5 Å². The quantitative estimate of drug-likeness (QED) is 0.733. The van der Waals surface area contributed by atoms with Crippen molar-refractivity contribution in [1.29, 1.82) is 0 Å². The van der Waals surface area contributed by atoms with Crippen LogP contribution in [0.3, 0.4) is 0 Å². The van der Waals surface area contributed by atoms with Gasteiger partial charge in [0.15, 0.2) is 0 Å². The topological polar surface area (TPSA) is 105 Å². The number of amides is 2. The summed E-state index contributed by atoms with van der Waals surface area (Å²) in [6.45, 7) is -2.87. The molecule has 11 heteroatoms. The van der Waals surface area contributed by atoms with Crippen LogP contribution in [0.5, 0.6) is 5.75 Å². The van der Waals surface area contributed by atoms with Crippen LogP contribution in [0.2, 0.25) is 0 Å². The van der Waals surface area contributed by atoms with Crippen LogP contribution in [0.1, 0.15) is 10.4 Å². The number of hydrogen-bond acceptors (Lipinski definition) is 5. The molecule has 1 aliphatic heterocycles. The predicted molar refractivity (Wildman–Crippen MR) is 99.2 cm³/mol. The first kappa shape index (κ1) is 20.7. The molecule has 1 saturated heterocycles. The minimum atomic E-state index is -3.90. The Morgan fingerprint density at radius 2 is 1.90 bits per heavy atom. The molecule has 29 heavy (non-hydrogen) atoms. The zero-order valence-electron chi connectivity index (χ0n) is 15.0. The molecule has 0 atom stereocenters. The monoisotopic (exact) mass is 425 g/mol. The molecule has 1 fully saturated rings. The number of alkyl halides is 2. The maximum Gasteiger partial charge on any atom is 0.387 e. The van der Waals surface area contributed by atoms with Gasteiger partial charge in [0, 0.05) is 24.3 Å². The Labute approximate surface area is 165 Å². The van der Waals surface area contributed by atoms with E-state index >= 15 is 0 Å². The van der Waals surface area contributed by atoms with Crippen LogP contribution in [0.25, 0.3) is 0 Å². The first-order valence-electron chi connectivity index (χ1n) is 8.49. The van der Waals surface area contributed by atoms with E-state index in [9.17, 15) is 26.8 Å². The van der Waals surface area contributed by atoms with Gasteiger partial charge in [-0.05, 0) is 42.5 Å². The molecule has 3 rings (SSSR count). The Morgan fingerprint density at radius 1 is 1.17 bits per heavy atom. The van der Waals surface area contributed by atoms with Crippen LogP contribution in [0.4, 0.5) is 14.5 Å². The third-order valence-corrected chi connectivity index (χ3v) is 5.92. The number of sulfonamides is 1. The summed E-state index contributed by atoms with van der Waals surface area (Å²) in [4.78, 5) is 23.8. The Balaban J connectivity index is 1.74. The molecule has 8 nitrogen and oxygen atoms in total. The van der Waals surface area contributed by atoms with Crippen LogP contribution in [0, 0.1) is 0 Å². The molecular formula is C18H17F2N3O5S. The van der Waals surface area contributed by atoms with E-state index in [0.29, 0.717) is 0 Å². The van der Waals surface area contributed by atoms with Gasteiger partial charge in [-0.2, -0.15) is 13.1 Å². The van der Waals surface area contributed by atoms with Crippen molar-refractivity contribution in [1.82, 2.24) is 9.62 Å². The second-order valence-electron chi connectivity index (χ2n) is 6.07. The van der Waals surface area contributed by atoms with Crippen molar-refractivity contribution in [3.8, 4) is 5.75 Å². The lowest BCUT2D eigenvalue weighted by Gasteiger charge is -2.26. The van der Waals surface area contributed by atoms with Crippen LogP contribution in [0.15, 0.2) is 53.4 Å². The smallest absolute Gasteiger partial charge is 0.387 e. The highest BCUT2D eigenvalue weighted by Gasteiger charge is 2.29. The van der Waals surface area contributed by atoms with Gasteiger partial charge in [0.25, 0.3) is 5.91 Å². The van der Waals surface area contributed by atoms with Gasteiger partial charge in [0.05, 0.1) is 11.4 Å². The van der Waals surface area contributed by atoms with E-state index in [0.717, 1.165) is 4.31 Å². The number of ether oxygens (including phenoxy) is 1. The van der Waals surface area contributed by atoms with Crippen LogP contribution in [-0.4, -0.2) is 50.8 Å². The van der Waals surface area contributed by atoms with Gasteiger partial charge >= 0.3 is 6.61 Å². The Kier molecular flexibility index (Phi) is 6.09. The van der Waals surface area contributed by atoms with Gasteiger partial charge in [-0.15, -0.1) is 0 Å². The van der Waals surface area contributed by atoms with Crippen molar-refractivity contribution in [3.05, 3.63) is 54.1 Å². The zero-order chi connectivity index (χ0) is 21.0. The standard InChI is InChI=1S/C18H17F2N3O5S/c19-18(20)28-14-6-4-12(5-7-14)17(25)22-13-2-1-3-15(10-13)29(26,27)23-9-8-21-16(24)11-23/h1-7,10,18H,8-9,11H2,(H,21,24)(H,22,25). The molecule has 2 amide bonds. The van der Waals surface area contributed by atoms with E-state index in [1.165, 1.54) is 48.5 Å². The molecule has 154 valence electrons. The number of carbonyl (C=O) groups is 2. The number of halogens is 2. The first-order valence-corrected chi connectivity index (χ1v) is 9.93. The summed E-state index contributed by atoms with van der Waals surface area (Å²) in [5, 5.41) is 5.11. The van der Waals surface area contributed by atoms with Crippen molar-refractivity contribution in [2.75, 3.05) is 25.0 Å². The normalized spacial score (nSPS) is 15.1. The average Bonchev–Trinajstić information content (AvgIpc) is 2.68. The van der Waals surface area contributed by atoms with Gasteiger partial charge < -0.3 is 15.4 Å². The maximum atomic E-state index is 12.7. The summed E-state index contributed by atoms with van der Waals surface area (Å²) in [6.07, 6.45) is 0. The van der Waals surface area contributed by atoms with Crippen LogP contribution >= 0.6 is 0 Å². The summed E-state index contributed by atoms with van der Waals surface area (Å²) in [6, 6.07) is 10.7. The van der Waals surface area contributed by atoms with Gasteiger partial charge in [-0.1, -0.05) is 6.07 Å². The predicted octanol–water partition coefficient (Wildman–Crippen LogP) is 1.66. The summed E-state index contributed by atoms with van der Waals surface area (Å²) < 4.78 is 55.1. The second-order valence-corrected chi connectivity index (χ2v) is 8.01. The average molecular weight is 425 g/mol. The fourth-order valence-corrected chi connectivity index (χ4v) is 4.14. The Bertz CT molecular complexity index is 1010. The minimum absolute atomic E-state index is 0.0642. The molecule has 0 spiro atoms. The third kappa shape index (κ3) is 5.06. The first-order chi connectivity index (χ1) is 13.8. The van der Waals surface area contributed by atoms with E-state index in [4.69, 9.17) is 0 Å². The molecule has 0 saturated carbocycles. The lowest BCUT2D eigenvalue weighted by molar-refractivity contribution is -0.122. The fraction of sp³-hybridized carbons (Fsp3) is 0.222. The number of rotatable bonds is 6. The van der Waals surface area contributed by atoms with Crippen LogP contribution in [-0.2, 0) is 14.8 Å². The molecule has 0 bridgehead atoms. The second kappa shape index (κ2) is 8.53. The molecular weight excluding hydrogens is 408 g/mol. The molecule has 0 aliphatic carbocycles. The summed E-state index contributed by atoms with van der Waals surface area (Å²) in [5.74, 6) is -1.03. The molecule has 0 radical (unpaired) electrons. The zero-order valence-corrected chi connectivity index (χ0v) is 15.8. The molecule has 1 heterocycles. The molecule has 2 aromatic carbocycles. The largest absolute Gasteiger partial charge is 0.435 e. The van der Waals surface area contributed by atoms with Crippen molar-refractivity contribution in [2.45, 2.75) is 11.5 Å². The molecule has 1 aliphatic rings. The highest BCUT2D eigenvalue weighted by atomic mass is 32.2. The number of anilines is 1. The molecule has 2 aromatic rings. The Hall–Kier alpha value is -3.05. The number of nitrogens with one attached hydrogen (secondary N) is 2. The van der Waals surface area contributed by atoms with Crippen LogP contribution < -0.4 is 15.4 Å². The summed E-state index contributed by atoms with van der Waals surface area (Å²) in [5.41, 5.74) is 0.401. The Morgan fingerprint density at radius 3 is 2.55 bits per heavy atom. The number of benzene rings is 2. The highest BCUT2D eigenvalue weighted by molar-refractivity contribution is 7.89. The van der Waals surface area contributed by atoms with Gasteiger partial charge in [-0.25, -0.2) is 8.42 Å². The molecule has 0 aromatic heterocycles. The number of piperazine rings is 1. The van der Waals surface area contributed by atoms with Crippen molar-refractivity contribution in [3.63, 3.8) is 0 Å². The summed E-state index contributed by atoms with van der Waals surface area (Å²) >= 11 is 0. The SMILES string of the molecule is O=C1CN(S(=O)(=O)c2cccc(NC(=O)c3ccc(OC(F)F)cc3)c2)CCN1. The highest BCUT2D eigenvalue weighted by Crippen LogP contribution is 2.21. The van der Waals surface area contributed by atoms with E-state index in [1.807, 2.05) is 0 Å². The third-order valence-electron chi connectivity index (χ3n) is 4.07. The fourth-order valence-electron chi connectivity index (χ4n) is 2.69. The minimum Gasteiger partial charge on any atom is -0.435 e. The maximum absolute atomic E-state index is 12.7. The lowest BCUT2D eigenvalue weighted by atomic mass is 10.2. The number of nitrogens with zero attached hydrogens (tertiary/aromatic N) is 1. The van der Waals surface area contributed by atoms with Crippen molar-refractivity contribution < 1.29 is 31.5 Å².